The number of carbonyl (C=O) groups excluding carboxylic acids is 1. The fourth-order valence-electron chi connectivity index (χ4n) is 2.92. The summed E-state index contributed by atoms with van der Waals surface area (Å²) in [6.07, 6.45) is 2.21. The number of amides is 1. The van der Waals surface area contributed by atoms with Crippen molar-refractivity contribution in [3.8, 4) is 0 Å². The van der Waals surface area contributed by atoms with E-state index in [1.165, 1.54) is 5.56 Å². The van der Waals surface area contributed by atoms with Gasteiger partial charge in [-0.1, -0.05) is 32.9 Å². The van der Waals surface area contributed by atoms with Gasteiger partial charge >= 0.3 is 0 Å². The van der Waals surface area contributed by atoms with Gasteiger partial charge in [0, 0.05) is 18.7 Å². The van der Waals surface area contributed by atoms with Gasteiger partial charge in [0.2, 0.25) is 0 Å². The van der Waals surface area contributed by atoms with Crippen LogP contribution in [-0.2, 0) is 5.41 Å². The molecule has 1 N–H and O–H groups in total. The Labute approximate surface area is 128 Å². The van der Waals surface area contributed by atoms with E-state index in [0.717, 1.165) is 38.0 Å². The van der Waals surface area contributed by atoms with E-state index in [2.05, 4.69) is 38.2 Å². The van der Waals surface area contributed by atoms with Crippen LogP contribution in [0.2, 0.25) is 0 Å². The van der Waals surface area contributed by atoms with Crippen LogP contribution in [0.15, 0.2) is 24.3 Å². The summed E-state index contributed by atoms with van der Waals surface area (Å²) in [5.74, 6) is 0.890. The molecule has 1 aliphatic rings. The summed E-state index contributed by atoms with van der Waals surface area (Å²) in [5.41, 5.74) is 2.22. The average molecular weight is 288 g/mol. The number of hydrogen-bond acceptors (Lipinski definition) is 2. The van der Waals surface area contributed by atoms with Gasteiger partial charge in [-0.2, -0.15) is 0 Å². The maximum Gasteiger partial charge on any atom is 0.253 e. The third-order valence-corrected chi connectivity index (χ3v) is 4.39. The minimum Gasteiger partial charge on any atom is -0.339 e. The van der Waals surface area contributed by atoms with Crippen LogP contribution in [0, 0.1) is 5.92 Å². The molecule has 0 unspecified atom stereocenters. The predicted octanol–water partition coefficient (Wildman–Crippen LogP) is 3.06. The van der Waals surface area contributed by atoms with Crippen molar-refractivity contribution in [3.63, 3.8) is 0 Å². The lowest BCUT2D eigenvalue weighted by atomic mass is 9.86. The van der Waals surface area contributed by atoms with E-state index in [4.69, 9.17) is 0 Å². The van der Waals surface area contributed by atoms with E-state index < -0.39 is 0 Å². The molecule has 0 aliphatic carbocycles. The second-order valence-electron chi connectivity index (χ2n) is 7.12. The molecular formula is C18H28N2O. The first-order valence-corrected chi connectivity index (χ1v) is 7.96. The van der Waals surface area contributed by atoms with E-state index in [-0.39, 0.29) is 11.3 Å². The molecule has 0 spiro atoms. The van der Waals surface area contributed by atoms with Crippen LogP contribution in [0.5, 0.6) is 0 Å². The van der Waals surface area contributed by atoms with Crippen molar-refractivity contribution in [2.75, 3.05) is 26.7 Å². The number of hydrogen-bond donors (Lipinski definition) is 1. The third kappa shape index (κ3) is 4.07. The zero-order valence-corrected chi connectivity index (χ0v) is 13.8. The molecule has 0 radical (unpaired) electrons. The van der Waals surface area contributed by atoms with Gasteiger partial charge in [-0.05, 0) is 55.5 Å². The summed E-state index contributed by atoms with van der Waals surface area (Å²) in [6.45, 7) is 9.39. The zero-order valence-electron chi connectivity index (χ0n) is 13.8. The molecule has 3 nitrogen and oxygen atoms in total. The van der Waals surface area contributed by atoms with Crippen LogP contribution < -0.4 is 5.32 Å². The fraction of sp³-hybridized carbons (Fsp3) is 0.611. The monoisotopic (exact) mass is 288 g/mol. The van der Waals surface area contributed by atoms with Gasteiger partial charge in [0.1, 0.15) is 0 Å². The maximum absolute atomic E-state index is 12.5. The Morgan fingerprint density at radius 3 is 2.24 bits per heavy atom. The van der Waals surface area contributed by atoms with Gasteiger partial charge in [-0.25, -0.2) is 0 Å². The lowest BCUT2D eigenvalue weighted by Gasteiger charge is -2.32. The summed E-state index contributed by atoms with van der Waals surface area (Å²) in [5, 5.41) is 3.23. The minimum absolute atomic E-state index is 0.132. The van der Waals surface area contributed by atoms with Gasteiger partial charge in [-0.3, -0.25) is 4.79 Å². The third-order valence-electron chi connectivity index (χ3n) is 4.39. The molecule has 0 saturated carbocycles. The van der Waals surface area contributed by atoms with Crippen LogP contribution in [0.3, 0.4) is 0 Å². The summed E-state index contributed by atoms with van der Waals surface area (Å²) < 4.78 is 0. The van der Waals surface area contributed by atoms with E-state index in [1.807, 2.05) is 24.1 Å². The van der Waals surface area contributed by atoms with Crippen molar-refractivity contribution in [3.05, 3.63) is 35.4 Å². The summed E-state index contributed by atoms with van der Waals surface area (Å²) in [4.78, 5) is 14.5. The summed E-state index contributed by atoms with van der Waals surface area (Å²) in [6, 6.07) is 8.12. The summed E-state index contributed by atoms with van der Waals surface area (Å²) in [7, 11) is 1.99. The quantitative estimate of drug-likeness (QED) is 0.927. The Kier molecular flexibility index (Phi) is 5.04. The van der Waals surface area contributed by atoms with Crippen molar-refractivity contribution in [2.24, 2.45) is 5.92 Å². The number of nitrogens with zero attached hydrogens (tertiary/aromatic N) is 1. The first-order valence-electron chi connectivity index (χ1n) is 7.96. The van der Waals surface area contributed by atoms with Crippen LogP contribution in [-0.4, -0.2) is 37.5 Å². The average Bonchev–Trinajstić information content (AvgIpc) is 2.47. The Morgan fingerprint density at radius 1 is 1.19 bits per heavy atom. The van der Waals surface area contributed by atoms with Crippen molar-refractivity contribution in [1.82, 2.24) is 10.2 Å². The largest absolute Gasteiger partial charge is 0.339 e. The molecule has 0 aromatic heterocycles. The smallest absolute Gasteiger partial charge is 0.253 e. The number of piperidine rings is 1. The summed E-state index contributed by atoms with van der Waals surface area (Å²) >= 11 is 0. The standard InChI is InChI=1S/C18H28N2O/c1-18(2,3)16-7-5-15(6-8-16)17(21)20-11-9-14(10-12-20)13-19-4/h5-8,14,19H,9-13H2,1-4H3. The molecule has 3 heteroatoms. The number of nitrogens with one attached hydrogen (secondary N) is 1. The van der Waals surface area contributed by atoms with Crippen molar-refractivity contribution in [2.45, 2.75) is 39.0 Å². The molecule has 1 heterocycles. The lowest BCUT2D eigenvalue weighted by Crippen LogP contribution is -2.40. The molecular weight excluding hydrogens is 260 g/mol. The van der Waals surface area contributed by atoms with Crippen molar-refractivity contribution < 1.29 is 4.79 Å². The van der Waals surface area contributed by atoms with Gasteiger partial charge in [0.25, 0.3) is 5.91 Å². The molecule has 1 saturated heterocycles. The topological polar surface area (TPSA) is 32.3 Å². The van der Waals surface area contributed by atoms with Crippen LogP contribution in [0.25, 0.3) is 0 Å². The second kappa shape index (κ2) is 6.61. The Morgan fingerprint density at radius 2 is 1.76 bits per heavy atom. The highest BCUT2D eigenvalue weighted by Crippen LogP contribution is 2.23. The highest BCUT2D eigenvalue weighted by atomic mass is 16.2. The Balaban J connectivity index is 1.98. The molecule has 0 atom stereocenters. The van der Waals surface area contributed by atoms with Crippen LogP contribution >= 0.6 is 0 Å². The molecule has 116 valence electrons. The Bertz CT molecular complexity index is 465. The van der Waals surface area contributed by atoms with E-state index in [0.29, 0.717) is 5.92 Å². The first kappa shape index (κ1) is 16.0. The number of carbonyl (C=O) groups is 1. The van der Waals surface area contributed by atoms with Gasteiger partial charge in [-0.15, -0.1) is 0 Å². The molecule has 1 aromatic rings. The van der Waals surface area contributed by atoms with E-state index in [1.54, 1.807) is 0 Å². The maximum atomic E-state index is 12.5. The number of rotatable bonds is 3. The number of benzene rings is 1. The van der Waals surface area contributed by atoms with Gasteiger partial charge < -0.3 is 10.2 Å². The molecule has 1 amide bonds. The number of likely N-dealkylation sites (tertiary alicyclic amines) is 1. The second-order valence-corrected chi connectivity index (χ2v) is 7.12. The molecule has 1 aliphatic heterocycles. The molecule has 1 aromatic carbocycles. The van der Waals surface area contributed by atoms with E-state index in [9.17, 15) is 4.79 Å². The lowest BCUT2D eigenvalue weighted by molar-refractivity contribution is 0.0691. The molecule has 0 bridgehead atoms. The minimum atomic E-state index is 0.132. The van der Waals surface area contributed by atoms with Crippen molar-refractivity contribution >= 4 is 5.91 Å². The van der Waals surface area contributed by atoms with Crippen LogP contribution in [0.4, 0.5) is 0 Å². The zero-order chi connectivity index (χ0) is 15.5. The van der Waals surface area contributed by atoms with Crippen LogP contribution in [0.1, 0.15) is 49.5 Å². The fourth-order valence-corrected chi connectivity index (χ4v) is 2.92. The van der Waals surface area contributed by atoms with Crippen molar-refractivity contribution in [1.29, 1.82) is 0 Å². The SMILES string of the molecule is CNCC1CCN(C(=O)c2ccc(C(C)(C)C)cc2)CC1. The molecule has 21 heavy (non-hydrogen) atoms. The predicted molar refractivity (Wildman–Crippen MR) is 87.7 cm³/mol. The molecule has 1 fully saturated rings. The highest BCUT2D eigenvalue weighted by Gasteiger charge is 2.23. The van der Waals surface area contributed by atoms with E-state index >= 15 is 0 Å². The first-order chi connectivity index (χ1) is 9.91. The van der Waals surface area contributed by atoms with Gasteiger partial charge in [0.05, 0.1) is 0 Å². The van der Waals surface area contributed by atoms with Gasteiger partial charge in [0.15, 0.2) is 0 Å². The highest BCUT2D eigenvalue weighted by molar-refractivity contribution is 5.94. The molecule has 2 rings (SSSR count). The normalized spacial score (nSPS) is 17.0. The Hall–Kier alpha value is -1.35.